The molecule has 0 bridgehead atoms. The first-order valence-electron chi connectivity index (χ1n) is 7.74. The molecule has 4 heteroatoms. The monoisotopic (exact) mass is 277 g/mol. The summed E-state index contributed by atoms with van der Waals surface area (Å²) in [5.74, 6) is 2.25. The first kappa shape index (κ1) is 14.9. The number of aromatic nitrogens is 1. The van der Waals surface area contributed by atoms with Crippen LogP contribution in [0.4, 0.5) is 11.5 Å². The van der Waals surface area contributed by atoms with Gasteiger partial charge in [-0.15, -0.1) is 0 Å². The van der Waals surface area contributed by atoms with Crippen molar-refractivity contribution in [3.63, 3.8) is 0 Å². The number of pyridine rings is 1. The maximum Gasteiger partial charge on any atom is 0.239 e. The molecule has 4 nitrogen and oxygen atoms in total. The number of ether oxygens (including phenoxy) is 1. The molecule has 0 amide bonds. The van der Waals surface area contributed by atoms with Gasteiger partial charge in [0.05, 0.1) is 11.8 Å². The van der Waals surface area contributed by atoms with Crippen molar-refractivity contribution in [1.29, 1.82) is 0 Å². The Hall–Kier alpha value is -1.45. The van der Waals surface area contributed by atoms with Gasteiger partial charge in [-0.25, -0.2) is 0 Å². The van der Waals surface area contributed by atoms with Crippen LogP contribution in [0.5, 0.6) is 5.88 Å². The van der Waals surface area contributed by atoms with E-state index < -0.39 is 0 Å². The van der Waals surface area contributed by atoms with E-state index in [1.54, 1.807) is 0 Å². The third kappa shape index (κ3) is 4.29. The normalized spacial score (nSPS) is 23.4. The molecule has 0 radical (unpaired) electrons. The van der Waals surface area contributed by atoms with Crippen LogP contribution in [0.1, 0.15) is 52.9 Å². The molecule has 2 unspecified atom stereocenters. The molecule has 112 valence electrons. The third-order valence-corrected chi connectivity index (χ3v) is 3.85. The highest BCUT2D eigenvalue weighted by Crippen LogP contribution is 2.26. The molecule has 1 heterocycles. The van der Waals surface area contributed by atoms with E-state index in [1.165, 1.54) is 32.1 Å². The minimum atomic E-state index is 0.0822. The molecule has 1 aliphatic rings. The minimum absolute atomic E-state index is 0.0822. The van der Waals surface area contributed by atoms with Crippen molar-refractivity contribution >= 4 is 11.5 Å². The Bertz CT molecular complexity index is 434. The van der Waals surface area contributed by atoms with Crippen LogP contribution in [0.3, 0.4) is 0 Å². The Morgan fingerprint density at radius 1 is 1.25 bits per heavy atom. The second kappa shape index (κ2) is 6.82. The Kier molecular flexibility index (Phi) is 5.10. The maximum atomic E-state index is 5.90. The molecule has 0 spiro atoms. The molecule has 20 heavy (non-hydrogen) atoms. The molecule has 1 aromatic rings. The first-order chi connectivity index (χ1) is 9.54. The van der Waals surface area contributed by atoms with Crippen LogP contribution in [0, 0.1) is 5.92 Å². The van der Waals surface area contributed by atoms with Gasteiger partial charge >= 0.3 is 0 Å². The van der Waals surface area contributed by atoms with Gasteiger partial charge in [0.15, 0.2) is 0 Å². The number of hydrogen-bond acceptors (Lipinski definition) is 4. The number of nitrogens with zero attached hydrogens (tertiary/aromatic N) is 1. The van der Waals surface area contributed by atoms with E-state index in [0.29, 0.717) is 17.6 Å². The van der Waals surface area contributed by atoms with Crippen molar-refractivity contribution in [2.45, 2.75) is 65.0 Å². The third-order valence-electron chi connectivity index (χ3n) is 3.85. The fourth-order valence-electron chi connectivity index (χ4n) is 2.69. The van der Waals surface area contributed by atoms with E-state index >= 15 is 0 Å². The Morgan fingerprint density at radius 2 is 2.05 bits per heavy atom. The summed E-state index contributed by atoms with van der Waals surface area (Å²) in [7, 11) is 0. The summed E-state index contributed by atoms with van der Waals surface area (Å²) < 4.78 is 5.64. The van der Waals surface area contributed by atoms with E-state index in [0.717, 1.165) is 11.7 Å². The van der Waals surface area contributed by atoms with Gasteiger partial charge in [0.25, 0.3) is 0 Å². The summed E-state index contributed by atoms with van der Waals surface area (Å²) in [6, 6.07) is 4.33. The molecule has 1 saturated carbocycles. The summed E-state index contributed by atoms with van der Waals surface area (Å²) in [6.07, 6.45) is 6.45. The molecule has 1 aliphatic carbocycles. The standard InChI is InChI=1S/C16H27N3O/c1-11(2)20-16-14(17)9-10-15(19-16)18-13-6-4-5-12(3)7-8-13/h9-13H,4-8,17H2,1-3H3,(H,18,19). The average molecular weight is 277 g/mol. The van der Waals surface area contributed by atoms with E-state index in [4.69, 9.17) is 10.5 Å². The van der Waals surface area contributed by atoms with Crippen LogP contribution in [0.2, 0.25) is 0 Å². The van der Waals surface area contributed by atoms with Gasteiger partial charge in [0.1, 0.15) is 5.82 Å². The molecule has 0 saturated heterocycles. The quantitative estimate of drug-likeness (QED) is 0.821. The molecule has 0 aromatic carbocycles. The predicted octanol–water partition coefficient (Wildman–Crippen LogP) is 3.83. The largest absolute Gasteiger partial charge is 0.473 e. The average Bonchev–Trinajstić information content (AvgIpc) is 2.58. The number of nitrogens with two attached hydrogens (primary N) is 1. The summed E-state index contributed by atoms with van der Waals surface area (Å²) >= 11 is 0. The highest BCUT2D eigenvalue weighted by atomic mass is 16.5. The molecule has 2 rings (SSSR count). The van der Waals surface area contributed by atoms with Crippen molar-refractivity contribution in [2.24, 2.45) is 5.92 Å². The lowest BCUT2D eigenvalue weighted by Crippen LogP contribution is -2.19. The lowest BCUT2D eigenvalue weighted by molar-refractivity contribution is 0.234. The molecular formula is C16H27N3O. The van der Waals surface area contributed by atoms with Gasteiger partial charge in [-0.3, -0.25) is 0 Å². The summed E-state index contributed by atoms with van der Waals surface area (Å²) in [5.41, 5.74) is 6.49. The van der Waals surface area contributed by atoms with Crippen molar-refractivity contribution in [3.8, 4) is 5.88 Å². The minimum Gasteiger partial charge on any atom is -0.473 e. The molecule has 1 fully saturated rings. The fourth-order valence-corrected chi connectivity index (χ4v) is 2.69. The van der Waals surface area contributed by atoms with Crippen molar-refractivity contribution in [2.75, 3.05) is 11.1 Å². The topological polar surface area (TPSA) is 60.2 Å². The van der Waals surface area contributed by atoms with Crippen molar-refractivity contribution in [1.82, 2.24) is 4.98 Å². The zero-order valence-electron chi connectivity index (χ0n) is 12.9. The zero-order valence-corrected chi connectivity index (χ0v) is 12.9. The Balaban J connectivity index is 2.01. The van der Waals surface area contributed by atoms with Gasteiger partial charge in [-0.05, 0) is 51.2 Å². The predicted molar refractivity (Wildman–Crippen MR) is 84.1 cm³/mol. The number of nitrogen functional groups attached to an aromatic ring is 1. The lowest BCUT2D eigenvalue weighted by Gasteiger charge is -2.18. The number of nitrogens with one attached hydrogen (secondary N) is 1. The highest BCUT2D eigenvalue weighted by Gasteiger charge is 2.17. The van der Waals surface area contributed by atoms with E-state index in [2.05, 4.69) is 17.2 Å². The summed E-state index contributed by atoms with van der Waals surface area (Å²) in [6.45, 7) is 6.31. The Labute approximate surface area is 122 Å². The van der Waals surface area contributed by atoms with E-state index in [9.17, 15) is 0 Å². The number of rotatable bonds is 4. The summed E-state index contributed by atoms with van der Waals surface area (Å²) in [4.78, 5) is 4.50. The molecule has 0 aliphatic heterocycles. The van der Waals surface area contributed by atoms with Gasteiger partial charge in [0.2, 0.25) is 5.88 Å². The van der Waals surface area contributed by atoms with Crippen molar-refractivity contribution < 1.29 is 4.74 Å². The molecular weight excluding hydrogens is 250 g/mol. The smallest absolute Gasteiger partial charge is 0.239 e. The second-order valence-electron chi connectivity index (χ2n) is 6.21. The highest BCUT2D eigenvalue weighted by molar-refractivity contribution is 5.53. The Morgan fingerprint density at radius 3 is 2.80 bits per heavy atom. The lowest BCUT2D eigenvalue weighted by atomic mass is 10.0. The zero-order chi connectivity index (χ0) is 14.5. The first-order valence-corrected chi connectivity index (χ1v) is 7.74. The van der Waals surface area contributed by atoms with Crippen LogP contribution in [0.25, 0.3) is 0 Å². The number of anilines is 2. The van der Waals surface area contributed by atoms with Crippen LogP contribution < -0.4 is 15.8 Å². The maximum absolute atomic E-state index is 5.90. The van der Waals surface area contributed by atoms with Gasteiger partial charge < -0.3 is 15.8 Å². The van der Waals surface area contributed by atoms with Crippen LogP contribution in [-0.2, 0) is 0 Å². The SMILES string of the molecule is CC1CCCC(Nc2ccc(N)c(OC(C)C)n2)CC1. The number of hydrogen-bond donors (Lipinski definition) is 2. The summed E-state index contributed by atoms with van der Waals surface area (Å²) in [5, 5.41) is 3.54. The fraction of sp³-hybridized carbons (Fsp3) is 0.688. The van der Waals surface area contributed by atoms with Crippen LogP contribution in [-0.4, -0.2) is 17.1 Å². The van der Waals surface area contributed by atoms with Gasteiger partial charge in [0, 0.05) is 6.04 Å². The molecule has 3 N–H and O–H groups in total. The molecule has 1 aromatic heterocycles. The van der Waals surface area contributed by atoms with Gasteiger partial charge in [-0.2, -0.15) is 4.98 Å². The van der Waals surface area contributed by atoms with Crippen molar-refractivity contribution in [3.05, 3.63) is 12.1 Å². The second-order valence-corrected chi connectivity index (χ2v) is 6.21. The van der Waals surface area contributed by atoms with E-state index in [1.807, 2.05) is 26.0 Å². The van der Waals surface area contributed by atoms with Crippen LogP contribution >= 0.6 is 0 Å². The van der Waals surface area contributed by atoms with Gasteiger partial charge in [-0.1, -0.05) is 19.8 Å². The molecule has 2 atom stereocenters. The van der Waals surface area contributed by atoms with E-state index in [-0.39, 0.29) is 6.10 Å². The van der Waals surface area contributed by atoms with Crippen LogP contribution in [0.15, 0.2) is 12.1 Å².